The van der Waals surface area contributed by atoms with Crippen molar-refractivity contribution in [2.75, 3.05) is 13.7 Å². The van der Waals surface area contributed by atoms with E-state index in [1.807, 2.05) is 51.1 Å². The minimum atomic E-state index is -0.0153. The lowest BCUT2D eigenvalue weighted by atomic mass is 10.1. The highest BCUT2D eigenvalue weighted by atomic mass is 79.9. The smallest absolute Gasteiger partial charge is 0.266 e. The van der Waals surface area contributed by atoms with Gasteiger partial charge in [-0.15, -0.1) is 0 Å². The maximum Gasteiger partial charge on any atom is 0.266 e. The number of likely N-dealkylation sites (N-methyl/N-ethyl adjacent to an activating group) is 1. The lowest BCUT2D eigenvalue weighted by Crippen LogP contribution is -2.28. The second-order valence-corrected chi connectivity index (χ2v) is 8.10. The zero-order chi connectivity index (χ0) is 19.6. The second kappa shape index (κ2) is 8.31. The number of benzene rings is 2. The molecule has 4 nitrogen and oxygen atoms in total. The van der Waals surface area contributed by atoms with Gasteiger partial charge in [0.25, 0.3) is 5.91 Å². The number of amides is 1. The molecule has 2 aromatic rings. The van der Waals surface area contributed by atoms with E-state index in [1.54, 1.807) is 12.0 Å². The van der Waals surface area contributed by atoms with Gasteiger partial charge in [0.15, 0.2) is 5.17 Å². The summed E-state index contributed by atoms with van der Waals surface area (Å²) < 4.78 is 6.12. The van der Waals surface area contributed by atoms with Gasteiger partial charge in [-0.05, 0) is 89.4 Å². The fourth-order valence-corrected chi connectivity index (χ4v) is 4.35. The van der Waals surface area contributed by atoms with Gasteiger partial charge in [-0.3, -0.25) is 9.69 Å². The fraction of sp³-hybridized carbons (Fsp3) is 0.238. The van der Waals surface area contributed by atoms with Crippen molar-refractivity contribution in [2.24, 2.45) is 4.99 Å². The topological polar surface area (TPSA) is 41.9 Å². The summed E-state index contributed by atoms with van der Waals surface area (Å²) in [6.45, 7) is 6.62. The molecule has 1 fully saturated rings. The largest absolute Gasteiger partial charge is 0.496 e. The molecule has 1 heterocycles. The Morgan fingerprint density at radius 3 is 2.67 bits per heavy atom. The SMILES string of the molecule is CCN1C(=O)/C(=C\c2ccc(OC)c(Br)c2)SC1=Nc1cc(C)ccc1C. The predicted octanol–water partition coefficient (Wildman–Crippen LogP) is 5.70. The average Bonchev–Trinajstić information content (AvgIpc) is 2.93. The molecule has 0 aromatic heterocycles. The summed E-state index contributed by atoms with van der Waals surface area (Å²) in [5.41, 5.74) is 4.07. The van der Waals surface area contributed by atoms with Gasteiger partial charge in [0.1, 0.15) is 5.75 Å². The summed E-state index contributed by atoms with van der Waals surface area (Å²) in [6.07, 6.45) is 1.89. The number of carbonyl (C=O) groups excluding carboxylic acids is 1. The van der Waals surface area contributed by atoms with Crippen LogP contribution >= 0.6 is 27.7 Å². The van der Waals surface area contributed by atoms with E-state index < -0.39 is 0 Å². The van der Waals surface area contributed by atoms with Crippen molar-refractivity contribution in [1.82, 2.24) is 4.90 Å². The van der Waals surface area contributed by atoms with Crippen LogP contribution in [0.25, 0.3) is 6.08 Å². The van der Waals surface area contributed by atoms with Crippen LogP contribution in [-0.2, 0) is 4.79 Å². The van der Waals surface area contributed by atoms with Gasteiger partial charge in [-0.1, -0.05) is 18.2 Å². The van der Waals surface area contributed by atoms with Crippen LogP contribution in [0.3, 0.4) is 0 Å². The lowest BCUT2D eigenvalue weighted by Gasteiger charge is -2.12. The van der Waals surface area contributed by atoms with Crippen molar-refractivity contribution in [1.29, 1.82) is 0 Å². The van der Waals surface area contributed by atoms with E-state index in [2.05, 4.69) is 28.1 Å². The number of aryl methyl sites for hydroxylation is 2. The van der Waals surface area contributed by atoms with Gasteiger partial charge in [0, 0.05) is 6.54 Å². The molecule has 0 unspecified atom stereocenters. The van der Waals surface area contributed by atoms with Gasteiger partial charge in [0.2, 0.25) is 0 Å². The Hall–Kier alpha value is -2.05. The molecule has 140 valence electrons. The summed E-state index contributed by atoms with van der Waals surface area (Å²) in [7, 11) is 1.63. The Morgan fingerprint density at radius 1 is 1.22 bits per heavy atom. The van der Waals surface area contributed by atoms with Crippen molar-refractivity contribution in [3.05, 3.63) is 62.5 Å². The summed E-state index contributed by atoms with van der Waals surface area (Å²) >= 11 is 4.90. The molecule has 0 N–H and O–H groups in total. The number of hydrogen-bond acceptors (Lipinski definition) is 4. The molecular formula is C21H21BrN2O2S. The minimum Gasteiger partial charge on any atom is -0.496 e. The molecule has 27 heavy (non-hydrogen) atoms. The zero-order valence-electron chi connectivity index (χ0n) is 15.7. The molecule has 1 amide bonds. The van der Waals surface area contributed by atoms with Crippen molar-refractivity contribution in [3.8, 4) is 5.75 Å². The number of thioether (sulfide) groups is 1. The van der Waals surface area contributed by atoms with Gasteiger partial charge in [0.05, 0.1) is 22.2 Å². The summed E-state index contributed by atoms with van der Waals surface area (Å²) in [5, 5.41) is 0.718. The Labute approximate surface area is 172 Å². The maximum atomic E-state index is 12.8. The number of hydrogen-bond donors (Lipinski definition) is 0. The van der Waals surface area contributed by atoms with Crippen LogP contribution < -0.4 is 4.74 Å². The van der Waals surface area contributed by atoms with Gasteiger partial charge in [-0.25, -0.2) is 4.99 Å². The van der Waals surface area contributed by atoms with Crippen molar-refractivity contribution < 1.29 is 9.53 Å². The number of rotatable bonds is 4. The van der Waals surface area contributed by atoms with Crippen LogP contribution in [-0.4, -0.2) is 29.6 Å². The zero-order valence-corrected chi connectivity index (χ0v) is 18.1. The van der Waals surface area contributed by atoms with E-state index in [4.69, 9.17) is 9.73 Å². The van der Waals surface area contributed by atoms with E-state index in [0.717, 1.165) is 37.8 Å². The minimum absolute atomic E-state index is 0.0153. The normalized spacial score (nSPS) is 17.2. The second-order valence-electron chi connectivity index (χ2n) is 6.24. The van der Waals surface area contributed by atoms with Crippen LogP contribution in [0, 0.1) is 13.8 Å². The van der Waals surface area contributed by atoms with E-state index in [9.17, 15) is 4.79 Å². The third kappa shape index (κ3) is 4.28. The first kappa shape index (κ1) is 19.7. The Balaban J connectivity index is 1.96. The van der Waals surface area contributed by atoms with Gasteiger partial charge >= 0.3 is 0 Å². The summed E-state index contributed by atoms with van der Waals surface area (Å²) in [4.78, 5) is 20.0. The molecule has 1 aliphatic heterocycles. The molecule has 0 spiro atoms. The van der Waals surface area contributed by atoms with Gasteiger partial charge < -0.3 is 4.74 Å². The monoisotopic (exact) mass is 444 g/mol. The predicted molar refractivity (Wildman–Crippen MR) is 117 cm³/mol. The molecule has 0 aliphatic carbocycles. The van der Waals surface area contributed by atoms with E-state index in [1.165, 1.54) is 11.8 Å². The molecular weight excluding hydrogens is 424 g/mol. The first-order valence-electron chi connectivity index (χ1n) is 8.63. The van der Waals surface area contributed by atoms with Crippen molar-refractivity contribution in [3.63, 3.8) is 0 Å². The molecule has 6 heteroatoms. The maximum absolute atomic E-state index is 12.8. The lowest BCUT2D eigenvalue weighted by molar-refractivity contribution is -0.122. The number of ether oxygens (including phenoxy) is 1. The van der Waals surface area contributed by atoms with Crippen LogP contribution in [0.15, 0.2) is 50.8 Å². The first-order chi connectivity index (χ1) is 12.9. The van der Waals surface area contributed by atoms with Crippen molar-refractivity contribution >= 4 is 50.5 Å². The molecule has 3 rings (SSSR count). The number of nitrogens with zero attached hydrogens (tertiary/aromatic N) is 2. The van der Waals surface area contributed by atoms with Crippen LogP contribution in [0.2, 0.25) is 0 Å². The molecule has 0 bridgehead atoms. The highest BCUT2D eigenvalue weighted by Crippen LogP contribution is 2.35. The van der Waals surface area contributed by atoms with E-state index in [0.29, 0.717) is 11.4 Å². The molecule has 1 saturated heterocycles. The Bertz CT molecular complexity index is 953. The van der Waals surface area contributed by atoms with E-state index in [-0.39, 0.29) is 5.91 Å². The fourth-order valence-electron chi connectivity index (χ4n) is 2.74. The molecule has 2 aromatic carbocycles. The highest BCUT2D eigenvalue weighted by molar-refractivity contribution is 9.10. The summed E-state index contributed by atoms with van der Waals surface area (Å²) in [6, 6.07) is 11.9. The Kier molecular flexibility index (Phi) is 6.07. The average molecular weight is 445 g/mol. The number of methoxy groups -OCH3 is 1. The molecule has 1 aliphatic rings. The molecule has 0 atom stereocenters. The third-order valence-electron chi connectivity index (χ3n) is 4.26. The quantitative estimate of drug-likeness (QED) is 0.567. The Morgan fingerprint density at radius 2 is 2.00 bits per heavy atom. The number of aliphatic imine (C=N–C) groups is 1. The number of halogens is 1. The van der Waals surface area contributed by atoms with E-state index >= 15 is 0 Å². The van der Waals surface area contributed by atoms with Crippen LogP contribution in [0.4, 0.5) is 5.69 Å². The first-order valence-corrected chi connectivity index (χ1v) is 10.2. The number of amidine groups is 1. The number of carbonyl (C=O) groups is 1. The standard InChI is InChI=1S/C21H21BrN2O2S/c1-5-24-20(25)19(12-15-8-9-18(26-4)16(22)11-15)27-21(24)23-17-10-13(2)6-7-14(17)3/h6-12H,5H2,1-4H3/b19-12+,23-21?. The van der Waals surface area contributed by atoms with Crippen LogP contribution in [0.5, 0.6) is 5.75 Å². The summed E-state index contributed by atoms with van der Waals surface area (Å²) in [5.74, 6) is 0.744. The van der Waals surface area contributed by atoms with Gasteiger partial charge in [-0.2, -0.15) is 0 Å². The van der Waals surface area contributed by atoms with Crippen LogP contribution in [0.1, 0.15) is 23.6 Å². The molecule has 0 saturated carbocycles. The highest BCUT2D eigenvalue weighted by Gasteiger charge is 2.32. The third-order valence-corrected chi connectivity index (χ3v) is 5.88. The molecule has 0 radical (unpaired) electrons. The van der Waals surface area contributed by atoms with Crippen molar-refractivity contribution in [2.45, 2.75) is 20.8 Å².